The number of hydrogen-bond donors (Lipinski definition) is 2. The zero-order chi connectivity index (χ0) is 15.3. The fourth-order valence-electron chi connectivity index (χ4n) is 2.53. The van der Waals surface area contributed by atoms with Gasteiger partial charge in [-0.1, -0.05) is 26.0 Å². The van der Waals surface area contributed by atoms with Crippen molar-refractivity contribution in [2.24, 2.45) is 0 Å². The molecule has 2 rings (SSSR count). The molecular weight excluding hydrogens is 262 g/mol. The molecule has 0 heterocycles. The molecule has 1 aromatic rings. The average Bonchev–Trinajstić information content (AvgIpc) is 3.28. The summed E-state index contributed by atoms with van der Waals surface area (Å²) < 4.78 is 5.85. The average molecular weight is 291 g/mol. The number of aliphatic hydroxyl groups is 1. The van der Waals surface area contributed by atoms with Gasteiger partial charge in [-0.3, -0.25) is 0 Å². The van der Waals surface area contributed by atoms with Crippen LogP contribution in [0.3, 0.4) is 0 Å². The lowest BCUT2D eigenvalue weighted by atomic mass is 9.97. The Balaban J connectivity index is 1.74. The van der Waals surface area contributed by atoms with Crippen molar-refractivity contribution < 1.29 is 9.84 Å². The predicted molar refractivity (Wildman–Crippen MR) is 86.9 cm³/mol. The van der Waals surface area contributed by atoms with Gasteiger partial charge in [0.2, 0.25) is 0 Å². The van der Waals surface area contributed by atoms with Crippen molar-refractivity contribution in [3.63, 3.8) is 0 Å². The Morgan fingerprint density at radius 1 is 1.38 bits per heavy atom. The quantitative estimate of drug-likeness (QED) is 0.685. The first-order valence-electron chi connectivity index (χ1n) is 8.14. The molecule has 1 atom stereocenters. The third-order valence-electron chi connectivity index (χ3n) is 4.15. The first-order valence-corrected chi connectivity index (χ1v) is 8.14. The van der Waals surface area contributed by atoms with Crippen LogP contribution in [0.1, 0.15) is 57.9 Å². The Labute approximate surface area is 128 Å². The summed E-state index contributed by atoms with van der Waals surface area (Å²) in [4.78, 5) is 0. The Morgan fingerprint density at radius 3 is 2.76 bits per heavy atom. The predicted octanol–water partition coefficient (Wildman–Crippen LogP) is 3.47. The van der Waals surface area contributed by atoms with Crippen LogP contribution in [0, 0.1) is 0 Å². The molecule has 1 unspecified atom stereocenters. The maximum absolute atomic E-state index is 9.57. The lowest BCUT2D eigenvalue weighted by Crippen LogP contribution is -2.47. The highest BCUT2D eigenvalue weighted by Crippen LogP contribution is 2.25. The highest BCUT2D eigenvalue weighted by atomic mass is 16.5. The van der Waals surface area contributed by atoms with Crippen LogP contribution in [-0.2, 0) is 0 Å². The van der Waals surface area contributed by atoms with E-state index in [2.05, 4.69) is 44.3 Å². The van der Waals surface area contributed by atoms with Crippen LogP contribution in [0.2, 0.25) is 0 Å². The van der Waals surface area contributed by atoms with Gasteiger partial charge in [0.1, 0.15) is 5.75 Å². The van der Waals surface area contributed by atoms with Gasteiger partial charge in [0.25, 0.3) is 0 Å². The molecule has 1 fully saturated rings. The number of aliphatic hydroxyl groups excluding tert-OH is 1. The monoisotopic (exact) mass is 291 g/mol. The molecule has 1 aliphatic carbocycles. The largest absolute Gasteiger partial charge is 0.494 e. The molecule has 21 heavy (non-hydrogen) atoms. The van der Waals surface area contributed by atoms with Crippen LogP contribution in [-0.4, -0.2) is 29.9 Å². The Kier molecular flexibility index (Phi) is 5.65. The van der Waals surface area contributed by atoms with Crippen LogP contribution in [0.4, 0.5) is 0 Å². The van der Waals surface area contributed by atoms with E-state index in [0.29, 0.717) is 18.6 Å². The van der Waals surface area contributed by atoms with Crippen molar-refractivity contribution in [3.8, 4) is 5.75 Å². The molecule has 1 saturated carbocycles. The minimum Gasteiger partial charge on any atom is -0.494 e. The van der Waals surface area contributed by atoms with E-state index in [-0.39, 0.29) is 12.1 Å². The molecule has 0 radical (unpaired) electrons. The van der Waals surface area contributed by atoms with Crippen molar-refractivity contribution in [1.82, 2.24) is 5.32 Å². The molecule has 0 amide bonds. The minimum atomic E-state index is -0.162. The van der Waals surface area contributed by atoms with Crippen molar-refractivity contribution >= 4 is 0 Å². The summed E-state index contributed by atoms with van der Waals surface area (Å²) >= 11 is 0. The molecule has 0 saturated heterocycles. The topological polar surface area (TPSA) is 41.5 Å². The van der Waals surface area contributed by atoms with Crippen molar-refractivity contribution in [1.29, 1.82) is 0 Å². The second-order valence-electron chi connectivity index (χ2n) is 6.82. The van der Waals surface area contributed by atoms with Crippen molar-refractivity contribution in [3.05, 3.63) is 29.8 Å². The highest BCUT2D eigenvalue weighted by Gasteiger charge is 2.31. The summed E-state index contributed by atoms with van der Waals surface area (Å²) in [5, 5.41) is 13.1. The fraction of sp³-hybridized carbons (Fsp3) is 0.667. The van der Waals surface area contributed by atoms with E-state index in [0.717, 1.165) is 18.6 Å². The molecule has 0 bridgehead atoms. The Bertz CT molecular complexity index is 443. The molecular formula is C18H29NO2. The maximum atomic E-state index is 9.57. The van der Waals surface area contributed by atoms with Gasteiger partial charge in [-0.25, -0.2) is 0 Å². The first-order chi connectivity index (χ1) is 10.0. The number of rotatable bonds is 9. The van der Waals surface area contributed by atoms with Gasteiger partial charge in [-0.15, -0.1) is 0 Å². The number of nitrogens with one attached hydrogen (secondary N) is 1. The van der Waals surface area contributed by atoms with Crippen LogP contribution in [0.15, 0.2) is 24.3 Å². The van der Waals surface area contributed by atoms with Gasteiger partial charge in [0.05, 0.1) is 13.2 Å². The zero-order valence-electron chi connectivity index (χ0n) is 13.6. The van der Waals surface area contributed by atoms with E-state index in [1.54, 1.807) is 0 Å². The smallest absolute Gasteiger partial charge is 0.119 e. The Hall–Kier alpha value is -1.06. The summed E-state index contributed by atoms with van der Waals surface area (Å²) in [6.45, 7) is 7.37. The van der Waals surface area contributed by atoms with Crippen LogP contribution >= 0.6 is 0 Å². The normalized spacial score (nSPS) is 17.8. The fourth-order valence-corrected chi connectivity index (χ4v) is 2.53. The molecule has 3 nitrogen and oxygen atoms in total. The molecule has 1 aliphatic rings. The second kappa shape index (κ2) is 7.28. The highest BCUT2D eigenvalue weighted by molar-refractivity contribution is 5.30. The third kappa shape index (κ3) is 5.33. The number of benzene rings is 1. The van der Waals surface area contributed by atoms with Crippen LogP contribution in [0.25, 0.3) is 0 Å². The summed E-state index contributed by atoms with van der Waals surface area (Å²) in [6, 6.07) is 8.94. The summed E-state index contributed by atoms with van der Waals surface area (Å²) in [7, 11) is 0. The van der Waals surface area contributed by atoms with Gasteiger partial charge in [-0.05, 0) is 56.2 Å². The lowest BCUT2D eigenvalue weighted by molar-refractivity contribution is 0.154. The van der Waals surface area contributed by atoms with Crippen LogP contribution < -0.4 is 10.1 Å². The summed E-state index contributed by atoms with van der Waals surface area (Å²) in [6.07, 6.45) is 4.37. The molecule has 118 valence electrons. The van der Waals surface area contributed by atoms with Crippen molar-refractivity contribution in [2.75, 3.05) is 13.2 Å². The van der Waals surface area contributed by atoms with Gasteiger partial charge < -0.3 is 15.2 Å². The van der Waals surface area contributed by atoms with E-state index >= 15 is 0 Å². The van der Waals surface area contributed by atoms with E-state index in [4.69, 9.17) is 4.74 Å². The molecule has 0 aliphatic heterocycles. The SMILES string of the molecule is CC(C)c1cccc(OCCCC(C)(CO)NC2CC2)c1. The third-order valence-corrected chi connectivity index (χ3v) is 4.15. The number of ether oxygens (including phenoxy) is 1. The molecule has 0 spiro atoms. The van der Waals surface area contributed by atoms with E-state index in [9.17, 15) is 5.11 Å². The summed E-state index contributed by atoms with van der Waals surface area (Å²) in [5.41, 5.74) is 1.15. The molecule has 3 heteroatoms. The molecule has 1 aromatic carbocycles. The van der Waals surface area contributed by atoms with E-state index in [1.165, 1.54) is 18.4 Å². The van der Waals surface area contributed by atoms with E-state index in [1.807, 2.05) is 6.07 Å². The molecule has 0 aromatic heterocycles. The molecule has 2 N–H and O–H groups in total. The van der Waals surface area contributed by atoms with Gasteiger partial charge in [0, 0.05) is 11.6 Å². The zero-order valence-corrected chi connectivity index (χ0v) is 13.6. The standard InChI is InChI=1S/C18H29NO2/c1-14(2)15-6-4-7-17(12-15)21-11-5-10-18(3,13-20)19-16-8-9-16/h4,6-7,12,14,16,19-20H,5,8-11,13H2,1-3H3. The minimum absolute atomic E-state index is 0.162. The summed E-state index contributed by atoms with van der Waals surface area (Å²) in [5.74, 6) is 1.47. The number of hydrogen-bond acceptors (Lipinski definition) is 3. The van der Waals surface area contributed by atoms with Crippen LogP contribution in [0.5, 0.6) is 5.75 Å². The van der Waals surface area contributed by atoms with E-state index < -0.39 is 0 Å². The maximum Gasteiger partial charge on any atom is 0.119 e. The Morgan fingerprint density at radius 2 is 2.14 bits per heavy atom. The van der Waals surface area contributed by atoms with Gasteiger partial charge in [-0.2, -0.15) is 0 Å². The van der Waals surface area contributed by atoms with Crippen molar-refractivity contribution in [2.45, 2.75) is 64.0 Å². The first kappa shape index (κ1) is 16.3. The second-order valence-corrected chi connectivity index (χ2v) is 6.82. The van der Waals surface area contributed by atoms with Gasteiger partial charge in [0.15, 0.2) is 0 Å². The van der Waals surface area contributed by atoms with Gasteiger partial charge >= 0.3 is 0 Å². The lowest BCUT2D eigenvalue weighted by Gasteiger charge is -2.29.